The van der Waals surface area contributed by atoms with E-state index < -0.39 is 6.04 Å². The predicted molar refractivity (Wildman–Crippen MR) is 117 cm³/mol. The smallest absolute Gasteiger partial charge is 0.265 e. The van der Waals surface area contributed by atoms with E-state index in [0.717, 1.165) is 11.1 Å². The molecule has 7 nitrogen and oxygen atoms in total. The molecule has 0 bridgehead atoms. The number of nitrogens with one attached hydrogen (secondary N) is 1. The van der Waals surface area contributed by atoms with E-state index in [4.69, 9.17) is 4.74 Å². The van der Waals surface area contributed by atoms with E-state index in [9.17, 15) is 14.4 Å². The van der Waals surface area contributed by atoms with Crippen molar-refractivity contribution in [2.45, 2.75) is 19.9 Å². The molecule has 30 heavy (non-hydrogen) atoms. The monoisotopic (exact) mass is 425 g/mol. The number of para-hydroxylation sites is 2. The highest BCUT2D eigenvalue weighted by molar-refractivity contribution is 7.99. The first-order chi connectivity index (χ1) is 14.4. The van der Waals surface area contributed by atoms with Crippen LogP contribution in [0.4, 0.5) is 11.4 Å². The van der Waals surface area contributed by atoms with E-state index in [1.807, 2.05) is 38.1 Å². The fourth-order valence-electron chi connectivity index (χ4n) is 3.50. The van der Waals surface area contributed by atoms with Crippen molar-refractivity contribution < 1.29 is 19.1 Å². The van der Waals surface area contributed by atoms with Gasteiger partial charge < -0.3 is 15.0 Å². The molecule has 1 saturated heterocycles. The van der Waals surface area contributed by atoms with E-state index in [2.05, 4.69) is 5.32 Å². The minimum Gasteiger partial charge on any atom is -0.482 e. The van der Waals surface area contributed by atoms with Crippen molar-refractivity contribution in [1.29, 1.82) is 0 Å². The van der Waals surface area contributed by atoms with Crippen LogP contribution in [0.1, 0.15) is 11.1 Å². The van der Waals surface area contributed by atoms with Gasteiger partial charge in [-0.25, -0.2) is 0 Å². The Morgan fingerprint density at radius 3 is 2.77 bits per heavy atom. The highest BCUT2D eigenvalue weighted by Gasteiger charge is 2.37. The zero-order chi connectivity index (χ0) is 21.3. The van der Waals surface area contributed by atoms with Gasteiger partial charge in [-0.3, -0.25) is 19.3 Å². The third kappa shape index (κ3) is 4.00. The Kier molecular flexibility index (Phi) is 5.67. The van der Waals surface area contributed by atoms with Crippen LogP contribution in [0.5, 0.6) is 5.75 Å². The molecule has 0 aliphatic carbocycles. The number of hydrogen-bond donors (Lipinski definition) is 1. The van der Waals surface area contributed by atoms with E-state index in [0.29, 0.717) is 28.8 Å². The minimum atomic E-state index is -0.574. The van der Waals surface area contributed by atoms with Gasteiger partial charge in [-0.05, 0) is 49.2 Å². The number of benzene rings is 2. The van der Waals surface area contributed by atoms with Crippen molar-refractivity contribution in [3.8, 4) is 5.75 Å². The molecule has 2 aliphatic heterocycles. The second kappa shape index (κ2) is 8.39. The van der Waals surface area contributed by atoms with Crippen LogP contribution < -0.4 is 15.0 Å². The largest absolute Gasteiger partial charge is 0.482 e. The Morgan fingerprint density at radius 2 is 1.97 bits per heavy atom. The van der Waals surface area contributed by atoms with Crippen LogP contribution >= 0.6 is 11.8 Å². The first-order valence-electron chi connectivity index (χ1n) is 9.71. The molecular weight excluding hydrogens is 402 g/mol. The summed E-state index contributed by atoms with van der Waals surface area (Å²) in [6.07, 6.45) is 0. The van der Waals surface area contributed by atoms with Crippen molar-refractivity contribution in [2.24, 2.45) is 0 Å². The van der Waals surface area contributed by atoms with Crippen LogP contribution in [-0.2, 0) is 14.4 Å². The maximum atomic E-state index is 13.0. The number of thioether (sulfide) groups is 1. The first-order valence-corrected chi connectivity index (χ1v) is 10.9. The quantitative estimate of drug-likeness (QED) is 0.815. The van der Waals surface area contributed by atoms with Gasteiger partial charge in [-0.15, -0.1) is 11.8 Å². The van der Waals surface area contributed by atoms with E-state index in [-0.39, 0.29) is 30.9 Å². The van der Waals surface area contributed by atoms with Gasteiger partial charge in [0.2, 0.25) is 11.8 Å². The molecule has 2 heterocycles. The van der Waals surface area contributed by atoms with Crippen molar-refractivity contribution in [1.82, 2.24) is 4.90 Å². The summed E-state index contributed by atoms with van der Waals surface area (Å²) in [6.45, 7) is 3.78. The van der Waals surface area contributed by atoms with Gasteiger partial charge in [-0.1, -0.05) is 18.2 Å². The van der Waals surface area contributed by atoms with E-state index >= 15 is 0 Å². The number of rotatable bonds is 4. The summed E-state index contributed by atoms with van der Waals surface area (Å²) < 4.78 is 5.43. The highest BCUT2D eigenvalue weighted by Crippen LogP contribution is 2.32. The van der Waals surface area contributed by atoms with Gasteiger partial charge in [0, 0.05) is 11.4 Å². The summed E-state index contributed by atoms with van der Waals surface area (Å²) in [5, 5.41) is 2.92. The van der Waals surface area contributed by atoms with Crippen LogP contribution in [0.25, 0.3) is 0 Å². The summed E-state index contributed by atoms with van der Waals surface area (Å²) in [5.74, 6) is 0.769. The molecule has 0 radical (unpaired) electrons. The standard InChI is InChI=1S/C22H23N3O4S/c1-14-7-8-16(9-15(14)2)23-22(28)18-12-30-13-25(18)20(26)10-24-17-5-3-4-6-19(17)29-11-21(24)27/h3-9,18H,10-13H2,1-2H3,(H,23,28). The van der Waals surface area contributed by atoms with E-state index in [1.54, 1.807) is 23.1 Å². The number of nitrogens with zero attached hydrogens (tertiary/aromatic N) is 2. The molecule has 3 amide bonds. The Balaban J connectivity index is 1.46. The second-order valence-corrected chi connectivity index (χ2v) is 8.40. The Morgan fingerprint density at radius 1 is 1.17 bits per heavy atom. The van der Waals surface area contributed by atoms with Gasteiger partial charge in [0.25, 0.3) is 5.91 Å². The number of fused-ring (bicyclic) bond motifs is 1. The van der Waals surface area contributed by atoms with Gasteiger partial charge >= 0.3 is 0 Å². The normalized spacial score (nSPS) is 18.1. The summed E-state index contributed by atoms with van der Waals surface area (Å²) in [6, 6.07) is 12.3. The summed E-state index contributed by atoms with van der Waals surface area (Å²) >= 11 is 1.53. The number of amides is 3. The Labute approximate surface area is 179 Å². The molecule has 0 saturated carbocycles. The Hall–Kier alpha value is -3.00. The van der Waals surface area contributed by atoms with Crippen LogP contribution in [-0.4, -0.2) is 53.4 Å². The topological polar surface area (TPSA) is 79.0 Å². The molecule has 8 heteroatoms. The SMILES string of the molecule is Cc1ccc(NC(=O)C2CSCN2C(=O)CN2C(=O)COc3ccccc32)cc1C. The molecule has 4 rings (SSSR count). The third-order valence-electron chi connectivity index (χ3n) is 5.38. The molecule has 2 aromatic rings. The summed E-state index contributed by atoms with van der Waals surface area (Å²) in [7, 11) is 0. The van der Waals surface area contributed by atoms with Crippen LogP contribution in [0.2, 0.25) is 0 Å². The van der Waals surface area contributed by atoms with Crippen molar-refractivity contribution in [2.75, 3.05) is 35.0 Å². The summed E-state index contributed by atoms with van der Waals surface area (Å²) in [4.78, 5) is 41.2. The highest BCUT2D eigenvalue weighted by atomic mass is 32.2. The molecular formula is C22H23N3O4S. The van der Waals surface area contributed by atoms with Gasteiger partial charge in [-0.2, -0.15) is 0 Å². The average molecular weight is 426 g/mol. The number of ether oxygens (including phenoxy) is 1. The molecule has 1 atom stereocenters. The van der Waals surface area contributed by atoms with Crippen LogP contribution in [0, 0.1) is 13.8 Å². The zero-order valence-electron chi connectivity index (χ0n) is 16.9. The average Bonchev–Trinajstić information content (AvgIpc) is 3.23. The number of anilines is 2. The first kappa shape index (κ1) is 20.3. The lowest BCUT2D eigenvalue weighted by Crippen LogP contribution is -2.50. The fraction of sp³-hybridized carbons (Fsp3) is 0.318. The molecule has 2 aromatic carbocycles. The lowest BCUT2D eigenvalue weighted by atomic mass is 10.1. The third-order valence-corrected chi connectivity index (χ3v) is 6.39. The second-order valence-electron chi connectivity index (χ2n) is 7.40. The van der Waals surface area contributed by atoms with Crippen LogP contribution in [0.15, 0.2) is 42.5 Å². The van der Waals surface area contributed by atoms with Gasteiger partial charge in [0.1, 0.15) is 18.3 Å². The molecule has 0 spiro atoms. The summed E-state index contributed by atoms with van der Waals surface area (Å²) in [5.41, 5.74) is 3.53. The van der Waals surface area contributed by atoms with E-state index in [1.165, 1.54) is 16.7 Å². The van der Waals surface area contributed by atoms with Crippen molar-refractivity contribution in [3.63, 3.8) is 0 Å². The maximum Gasteiger partial charge on any atom is 0.265 e. The predicted octanol–water partition coefficient (Wildman–Crippen LogP) is 2.57. The van der Waals surface area contributed by atoms with Gasteiger partial charge in [0.15, 0.2) is 6.61 Å². The lowest BCUT2D eigenvalue weighted by molar-refractivity contribution is -0.136. The zero-order valence-corrected chi connectivity index (χ0v) is 17.7. The molecule has 2 aliphatic rings. The molecule has 156 valence electrons. The molecule has 0 aromatic heterocycles. The lowest BCUT2D eigenvalue weighted by Gasteiger charge is -2.31. The maximum absolute atomic E-state index is 13.0. The van der Waals surface area contributed by atoms with Crippen molar-refractivity contribution in [3.05, 3.63) is 53.6 Å². The number of hydrogen-bond acceptors (Lipinski definition) is 5. The fourth-order valence-corrected chi connectivity index (χ4v) is 4.68. The number of aryl methyl sites for hydroxylation is 2. The van der Waals surface area contributed by atoms with Crippen molar-refractivity contribution >= 4 is 40.9 Å². The number of carbonyl (C=O) groups is 3. The Bertz CT molecular complexity index is 1010. The van der Waals surface area contributed by atoms with Crippen LogP contribution in [0.3, 0.4) is 0 Å². The molecule has 1 N–H and O–H groups in total. The minimum absolute atomic E-state index is 0.101. The van der Waals surface area contributed by atoms with Gasteiger partial charge in [0.05, 0.1) is 11.6 Å². The number of carbonyl (C=O) groups excluding carboxylic acids is 3. The molecule has 1 unspecified atom stereocenters. The molecule has 1 fully saturated rings.